The number of hydrogen-bond acceptors (Lipinski definition) is 4. The second-order valence-corrected chi connectivity index (χ2v) is 5.05. The SMILES string of the molecule is COc1cc(C(C)C)c(C2CNCCO2)cc1OC. The molecule has 1 aliphatic heterocycles. The third-order valence-corrected chi connectivity index (χ3v) is 3.49. The van der Waals surface area contributed by atoms with Crippen molar-refractivity contribution in [3.63, 3.8) is 0 Å². The fourth-order valence-corrected chi connectivity index (χ4v) is 2.45. The van der Waals surface area contributed by atoms with E-state index in [4.69, 9.17) is 14.2 Å². The quantitative estimate of drug-likeness (QED) is 0.908. The van der Waals surface area contributed by atoms with Crippen molar-refractivity contribution < 1.29 is 14.2 Å². The van der Waals surface area contributed by atoms with E-state index in [2.05, 4.69) is 25.2 Å². The number of methoxy groups -OCH3 is 2. The first-order valence-electron chi connectivity index (χ1n) is 6.75. The number of benzene rings is 1. The molecule has 0 aliphatic carbocycles. The Bertz CT molecular complexity index is 426. The summed E-state index contributed by atoms with van der Waals surface area (Å²) in [5.41, 5.74) is 2.45. The summed E-state index contributed by atoms with van der Waals surface area (Å²) in [7, 11) is 3.33. The molecule has 1 N–H and O–H groups in total. The van der Waals surface area contributed by atoms with Gasteiger partial charge in [0.05, 0.1) is 26.9 Å². The van der Waals surface area contributed by atoms with Gasteiger partial charge in [-0.3, -0.25) is 0 Å². The summed E-state index contributed by atoms with van der Waals surface area (Å²) >= 11 is 0. The molecule has 4 nitrogen and oxygen atoms in total. The van der Waals surface area contributed by atoms with Crippen LogP contribution in [0.3, 0.4) is 0 Å². The average Bonchev–Trinajstić information content (AvgIpc) is 2.46. The van der Waals surface area contributed by atoms with E-state index >= 15 is 0 Å². The van der Waals surface area contributed by atoms with E-state index in [0.717, 1.165) is 31.2 Å². The largest absolute Gasteiger partial charge is 0.493 e. The van der Waals surface area contributed by atoms with Gasteiger partial charge in [-0.15, -0.1) is 0 Å². The van der Waals surface area contributed by atoms with Gasteiger partial charge in [-0.25, -0.2) is 0 Å². The van der Waals surface area contributed by atoms with Crippen LogP contribution < -0.4 is 14.8 Å². The zero-order chi connectivity index (χ0) is 13.8. The molecule has 106 valence electrons. The summed E-state index contributed by atoms with van der Waals surface area (Å²) in [6.07, 6.45) is 0.0888. The molecule has 0 bridgehead atoms. The summed E-state index contributed by atoms with van der Waals surface area (Å²) in [6.45, 7) is 6.87. The molecule has 19 heavy (non-hydrogen) atoms. The zero-order valence-electron chi connectivity index (χ0n) is 12.2. The van der Waals surface area contributed by atoms with Crippen molar-refractivity contribution in [1.29, 1.82) is 0 Å². The van der Waals surface area contributed by atoms with Crippen LogP contribution in [-0.4, -0.2) is 33.9 Å². The van der Waals surface area contributed by atoms with Crippen molar-refractivity contribution in [3.05, 3.63) is 23.3 Å². The van der Waals surface area contributed by atoms with Crippen LogP contribution in [0.25, 0.3) is 0 Å². The van der Waals surface area contributed by atoms with Gasteiger partial charge in [-0.2, -0.15) is 0 Å². The van der Waals surface area contributed by atoms with Crippen LogP contribution >= 0.6 is 0 Å². The normalized spacial score (nSPS) is 19.5. The van der Waals surface area contributed by atoms with Crippen LogP contribution in [0.15, 0.2) is 12.1 Å². The van der Waals surface area contributed by atoms with E-state index in [1.165, 1.54) is 11.1 Å². The molecule has 0 radical (unpaired) electrons. The number of hydrogen-bond donors (Lipinski definition) is 1. The molecule has 0 amide bonds. The Labute approximate surface area is 115 Å². The minimum absolute atomic E-state index is 0.0888. The lowest BCUT2D eigenvalue weighted by Crippen LogP contribution is -2.33. The molecule has 1 atom stereocenters. The van der Waals surface area contributed by atoms with Gasteiger partial charge in [0.1, 0.15) is 0 Å². The Morgan fingerprint density at radius 1 is 1.21 bits per heavy atom. The van der Waals surface area contributed by atoms with Crippen LogP contribution in [-0.2, 0) is 4.74 Å². The maximum Gasteiger partial charge on any atom is 0.161 e. The van der Waals surface area contributed by atoms with Crippen LogP contribution in [0.2, 0.25) is 0 Å². The fraction of sp³-hybridized carbons (Fsp3) is 0.600. The molecule has 1 heterocycles. The highest BCUT2D eigenvalue weighted by Crippen LogP contribution is 2.37. The Morgan fingerprint density at radius 2 is 1.89 bits per heavy atom. The van der Waals surface area contributed by atoms with Crippen molar-refractivity contribution in [1.82, 2.24) is 5.32 Å². The molecule has 0 aromatic heterocycles. The predicted molar refractivity (Wildman–Crippen MR) is 75.2 cm³/mol. The van der Waals surface area contributed by atoms with E-state index in [1.807, 2.05) is 6.07 Å². The number of morpholine rings is 1. The Hall–Kier alpha value is -1.26. The summed E-state index contributed by atoms with van der Waals surface area (Å²) in [6, 6.07) is 4.11. The lowest BCUT2D eigenvalue weighted by Gasteiger charge is -2.27. The van der Waals surface area contributed by atoms with E-state index < -0.39 is 0 Å². The maximum atomic E-state index is 5.87. The molecule has 0 spiro atoms. The standard InChI is InChI=1S/C15H23NO3/c1-10(2)11-7-13(17-3)14(18-4)8-12(11)15-9-16-5-6-19-15/h7-8,10,15-16H,5-6,9H2,1-4H3. The van der Waals surface area contributed by atoms with Crippen molar-refractivity contribution >= 4 is 0 Å². The topological polar surface area (TPSA) is 39.7 Å². The Morgan fingerprint density at radius 3 is 2.42 bits per heavy atom. The van der Waals surface area contributed by atoms with Crippen LogP contribution in [0.4, 0.5) is 0 Å². The molecule has 2 rings (SSSR count). The molecule has 1 unspecified atom stereocenters. The van der Waals surface area contributed by atoms with Gasteiger partial charge in [-0.05, 0) is 29.2 Å². The van der Waals surface area contributed by atoms with Crippen molar-refractivity contribution in [2.45, 2.75) is 25.9 Å². The lowest BCUT2D eigenvalue weighted by atomic mass is 9.92. The first-order chi connectivity index (χ1) is 9.17. The summed E-state index contributed by atoms with van der Waals surface area (Å²) < 4.78 is 16.7. The monoisotopic (exact) mass is 265 g/mol. The van der Waals surface area contributed by atoms with Crippen molar-refractivity contribution in [3.8, 4) is 11.5 Å². The van der Waals surface area contributed by atoms with Crippen molar-refractivity contribution in [2.75, 3.05) is 33.9 Å². The summed E-state index contributed by atoms with van der Waals surface area (Å²) in [4.78, 5) is 0. The molecule has 1 fully saturated rings. The highest BCUT2D eigenvalue weighted by Gasteiger charge is 2.22. The highest BCUT2D eigenvalue weighted by atomic mass is 16.5. The van der Waals surface area contributed by atoms with E-state index in [1.54, 1.807) is 14.2 Å². The Balaban J connectivity index is 2.43. The van der Waals surface area contributed by atoms with Gasteiger partial charge < -0.3 is 19.5 Å². The summed E-state index contributed by atoms with van der Waals surface area (Å²) in [5.74, 6) is 1.95. The number of ether oxygens (including phenoxy) is 3. The van der Waals surface area contributed by atoms with Gasteiger partial charge in [0.25, 0.3) is 0 Å². The molecule has 1 aromatic carbocycles. The van der Waals surface area contributed by atoms with Gasteiger partial charge in [-0.1, -0.05) is 13.8 Å². The van der Waals surface area contributed by atoms with E-state index in [9.17, 15) is 0 Å². The first-order valence-corrected chi connectivity index (χ1v) is 6.75. The van der Waals surface area contributed by atoms with Crippen LogP contribution in [0.1, 0.15) is 37.0 Å². The molecule has 1 aliphatic rings. The van der Waals surface area contributed by atoms with E-state index in [0.29, 0.717) is 5.92 Å². The predicted octanol–water partition coefficient (Wildman–Crippen LogP) is 2.49. The summed E-state index contributed by atoms with van der Waals surface area (Å²) in [5, 5.41) is 3.37. The molecule has 1 saturated heterocycles. The average molecular weight is 265 g/mol. The van der Waals surface area contributed by atoms with Gasteiger partial charge in [0, 0.05) is 13.1 Å². The number of rotatable bonds is 4. The molecular weight excluding hydrogens is 242 g/mol. The zero-order valence-corrected chi connectivity index (χ0v) is 12.2. The lowest BCUT2D eigenvalue weighted by molar-refractivity contribution is 0.0268. The first kappa shape index (κ1) is 14.2. The maximum absolute atomic E-state index is 5.87. The molecule has 1 aromatic rings. The van der Waals surface area contributed by atoms with Gasteiger partial charge in [0.2, 0.25) is 0 Å². The highest BCUT2D eigenvalue weighted by molar-refractivity contribution is 5.49. The Kier molecular flexibility index (Phi) is 4.66. The minimum Gasteiger partial charge on any atom is -0.493 e. The van der Waals surface area contributed by atoms with Crippen LogP contribution in [0, 0.1) is 0 Å². The molecule has 0 saturated carbocycles. The van der Waals surface area contributed by atoms with Crippen molar-refractivity contribution in [2.24, 2.45) is 0 Å². The smallest absolute Gasteiger partial charge is 0.161 e. The van der Waals surface area contributed by atoms with Gasteiger partial charge >= 0.3 is 0 Å². The second kappa shape index (κ2) is 6.26. The van der Waals surface area contributed by atoms with Gasteiger partial charge in [0.15, 0.2) is 11.5 Å². The third-order valence-electron chi connectivity index (χ3n) is 3.49. The minimum atomic E-state index is 0.0888. The number of nitrogens with one attached hydrogen (secondary N) is 1. The third kappa shape index (κ3) is 3.01. The van der Waals surface area contributed by atoms with E-state index in [-0.39, 0.29) is 6.10 Å². The fourth-order valence-electron chi connectivity index (χ4n) is 2.45. The van der Waals surface area contributed by atoms with Crippen LogP contribution in [0.5, 0.6) is 11.5 Å². The second-order valence-electron chi connectivity index (χ2n) is 5.05. The molecular formula is C15H23NO3. The molecule has 4 heteroatoms.